The third kappa shape index (κ3) is 2.47. The van der Waals surface area contributed by atoms with E-state index in [-0.39, 0.29) is 5.56 Å². The van der Waals surface area contributed by atoms with Gasteiger partial charge < -0.3 is 4.57 Å². The van der Waals surface area contributed by atoms with E-state index in [0.29, 0.717) is 12.0 Å². The Labute approximate surface area is 95.9 Å². The minimum Gasteiger partial charge on any atom is -0.320 e. The van der Waals surface area contributed by atoms with Gasteiger partial charge in [0.05, 0.1) is 0 Å². The van der Waals surface area contributed by atoms with E-state index in [0.717, 1.165) is 12.1 Å². The van der Waals surface area contributed by atoms with E-state index in [1.54, 1.807) is 17.8 Å². The van der Waals surface area contributed by atoms with Crippen molar-refractivity contribution in [2.24, 2.45) is 7.05 Å². The highest BCUT2D eigenvalue weighted by atomic mass is 19.1. The summed E-state index contributed by atoms with van der Waals surface area (Å²) in [5.41, 5.74) is -0.0921. The van der Waals surface area contributed by atoms with Crippen LogP contribution in [0.3, 0.4) is 0 Å². The summed E-state index contributed by atoms with van der Waals surface area (Å²) in [7, 11) is 1.69. The van der Waals surface area contributed by atoms with Crippen LogP contribution < -0.4 is 5.32 Å². The first kappa shape index (κ1) is 11.3. The van der Waals surface area contributed by atoms with E-state index in [9.17, 15) is 13.6 Å². The van der Waals surface area contributed by atoms with E-state index >= 15 is 0 Å². The molecule has 0 aliphatic heterocycles. The van der Waals surface area contributed by atoms with Crippen LogP contribution in [0.4, 0.5) is 14.7 Å². The van der Waals surface area contributed by atoms with Gasteiger partial charge in [-0.15, -0.1) is 0 Å². The zero-order valence-corrected chi connectivity index (χ0v) is 8.95. The smallest absolute Gasteiger partial charge is 0.258 e. The molecule has 4 nitrogen and oxygen atoms in total. The number of anilines is 1. The number of hydrogen-bond acceptors (Lipinski definition) is 2. The fraction of sp³-hybridized carbons (Fsp3) is 0.0909. The van der Waals surface area contributed by atoms with E-state index < -0.39 is 17.5 Å². The van der Waals surface area contributed by atoms with Gasteiger partial charge in [-0.2, -0.15) is 0 Å². The Hall–Kier alpha value is -2.24. The quantitative estimate of drug-likeness (QED) is 0.867. The van der Waals surface area contributed by atoms with Crippen molar-refractivity contribution in [1.29, 1.82) is 0 Å². The Kier molecular flexibility index (Phi) is 2.86. The summed E-state index contributed by atoms with van der Waals surface area (Å²) in [6.45, 7) is 0. The van der Waals surface area contributed by atoms with Gasteiger partial charge in [0.25, 0.3) is 5.91 Å². The Morgan fingerprint density at radius 3 is 2.47 bits per heavy atom. The molecule has 0 saturated carbocycles. The maximum absolute atomic E-state index is 12.9. The molecule has 1 N–H and O–H groups in total. The summed E-state index contributed by atoms with van der Waals surface area (Å²) < 4.78 is 27.4. The molecule has 1 heterocycles. The number of carbonyl (C=O) groups excluding carboxylic acids is 1. The van der Waals surface area contributed by atoms with Crippen molar-refractivity contribution >= 4 is 11.9 Å². The van der Waals surface area contributed by atoms with Crippen LogP contribution in [0, 0.1) is 11.6 Å². The second-order valence-corrected chi connectivity index (χ2v) is 3.47. The molecule has 0 fully saturated rings. The number of amides is 1. The fourth-order valence-electron chi connectivity index (χ4n) is 1.34. The molecule has 88 valence electrons. The summed E-state index contributed by atoms with van der Waals surface area (Å²) in [4.78, 5) is 15.5. The summed E-state index contributed by atoms with van der Waals surface area (Å²) in [6.07, 6.45) is 3.14. The van der Waals surface area contributed by atoms with Gasteiger partial charge in [0.15, 0.2) is 0 Å². The number of halogens is 2. The van der Waals surface area contributed by atoms with Gasteiger partial charge in [-0.3, -0.25) is 10.1 Å². The van der Waals surface area contributed by atoms with Crippen LogP contribution >= 0.6 is 0 Å². The van der Waals surface area contributed by atoms with Crippen LogP contribution in [0.2, 0.25) is 0 Å². The number of benzene rings is 1. The SMILES string of the molecule is Cn1ccnc1NC(=O)c1cc(F)cc(F)c1. The number of carbonyl (C=O) groups is 1. The fourth-order valence-corrected chi connectivity index (χ4v) is 1.34. The zero-order valence-electron chi connectivity index (χ0n) is 8.95. The molecular weight excluding hydrogens is 228 g/mol. The third-order valence-corrected chi connectivity index (χ3v) is 2.17. The van der Waals surface area contributed by atoms with Crippen LogP contribution in [0.5, 0.6) is 0 Å². The van der Waals surface area contributed by atoms with Gasteiger partial charge in [-0.05, 0) is 12.1 Å². The molecule has 1 aromatic heterocycles. The summed E-state index contributed by atoms with van der Waals surface area (Å²) in [5, 5.41) is 2.44. The number of rotatable bonds is 2. The third-order valence-electron chi connectivity index (χ3n) is 2.17. The van der Waals surface area contributed by atoms with Crippen molar-refractivity contribution in [3.05, 3.63) is 47.8 Å². The standard InChI is InChI=1S/C11H9F2N3O/c1-16-3-2-14-11(16)15-10(17)7-4-8(12)6-9(13)5-7/h2-6H,1H3,(H,14,15,17). The molecule has 0 atom stereocenters. The van der Waals surface area contributed by atoms with Crippen LogP contribution in [-0.4, -0.2) is 15.5 Å². The first-order chi connectivity index (χ1) is 8.06. The van der Waals surface area contributed by atoms with E-state index in [1.807, 2.05) is 0 Å². The number of aromatic nitrogens is 2. The van der Waals surface area contributed by atoms with Gasteiger partial charge in [0.1, 0.15) is 11.6 Å². The highest BCUT2D eigenvalue weighted by Crippen LogP contribution is 2.10. The normalized spacial score (nSPS) is 10.3. The average molecular weight is 237 g/mol. The molecule has 0 spiro atoms. The van der Waals surface area contributed by atoms with Crippen molar-refractivity contribution in [3.8, 4) is 0 Å². The van der Waals surface area contributed by atoms with Gasteiger partial charge in [-0.1, -0.05) is 0 Å². The number of imidazole rings is 1. The number of hydrogen-bond donors (Lipinski definition) is 1. The lowest BCUT2D eigenvalue weighted by Crippen LogP contribution is -2.15. The van der Waals surface area contributed by atoms with Crippen molar-refractivity contribution in [1.82, 2.24) is 9.55 Å². The monoisotopic (exact) mass is 237 g/mol. The van der Waals surface area contributed by atoms with Gasteiger partial charge in [0, 0.05) is 31.1 Å². The number of nitrogens with zero attached hydrogens (tertiary/aromatic N) is 2. The van der Waals surface area contributed by atoms with Crippen molar-refractivity contribution in [3.63, 3.8) is 0 Å². The maximum atomic E-state index is 12.9. The first-order valence-corrected chi connectivity index (χ1v) is 4.81. The molecule has 0 aliphatic carbocycles. The van der Waals surface area contributed by atoms with Crippen LogP contribution in [0.15, 0.2) is 30.6 Å². The lowest BCUT2D eigenvalue weighted by molar-refractivity contribution is 0.102. The van der Waals surface area contributed by atoms with Crippen molar-refractivity contribution in [2.75, 3.05) is 5.32 Å². The molecule has 1 amide bonds. The Morgan fingerprint density at radius 1 is 1.29 bits per heavy atom. The molecule has 0 radical (unpaired) electrons. The second-order valence-electron chi connectivity index (χ2n) is 3.47. The first-order valence-electron chi connectivity index (χ1n) is 4.81. The van der Waals surface area contributed by atoms with Crippen molar-refractivity contribution in [2.45, 2.75) is 0 Å². The average Bonchev–Trinajstić information content (AvgIpc) is 2.63. The van der Waals surface area contributed by atoms with E-state index in [1.165, 1.54) is 6.20 Å². The lowest BCUT2D eigenvalue weighted by Gasteiger charge is -2.05. The van der Waals surface area contributed by atoms with Crippen LogP contribution in [0.1, 0.15) is 10.4 Å². The molecule has 0 unspecified atom stereocenters. The highest BCUT2D eigenvalue weighted by molar-refractivity contribution is 6.03. The molecule has 2 rings (SSSR count). The highest BCUT2D eigenvalue weighted by Gasteiger charge is 2.11. The number of nitrogens with one attached hydrogen (secondary N) is 1. The molecule has 0 bridgehead atoms. The summed E-state index contributed by atoms with van der Waals surface area (Å²) in [5.74, 6) is -1.90. The molecule has 0 aliphatic rings. The van der Waals surface area contributed by atoms with Gasteiger partial charge in [0.2, 0.25) is 5.95 Å². The maximum Gasteiger partial charge on any atom is 0.258 e. The van der Waals surface area contributed by atoms with Crippen molar-refractivity contribution < 1.29 is 13.6 Å². The molecule has 17 heavy (non-hydrogen) atoms. The summed E-state index contributed by atoms with van der Waals surface area (Å²) in [6, 6.07) is 2.63. The molecule has 6 heteroatoms. The largest absolute Gasteiger partial charge is 0.320 e. The van der Waals surface area contributed by atoms with Crippen LogP contribution in [0.25, 0.3) is 0 Å². The topological polar surface area (TPSA) is 46.9 Å². The van der Waals surface area contributed by atoms with E-state index in [4.69, 9.17) is 0 Å². The predicted octanol–water partition coefficient (Wildman–Crippen LogP) is 1.95. The number of aryl methyl sites for hydroxylation is 1. The molecule has 2 aromatic rings. The summed E-state index contributed by atoms with van der Waals surface area (Å²) >= 11 is 0. The lowest BCUT2D eigenvalue weighted by atomic mass is 10.2. The minimum absolute atomic E-state index is 0.0921. The second kappa shape index (κ2) is 4.32. The Bertz CT molecular complexity index is 545. The molecular formula is C11H9F2N3O. The Balaban J connectivity index is 2.23. The predicted molar refractivity (Wildman–Crippen MR) is 57.5 cm³/mol. The molecule has 0 saturated heterocycles. The van der Waals surface area contributed by atoms with Crippen LogP contribution in [-0.2, 0) is 7.05 Å². The van der Waals surface area contributed by atoms with Gasteiger partial charge in [-0.25, -0.2) is 13.8 Å². The zero-order chi connectivity index (χ0) is 12.4. The van der Waals surface area contributed by atoms with E-state index in [2.05, 4.69) is 10.3 Å². The van der Waals surface area contributed by atoms with Gasteiger partial charge >= 0.3 is 0 Å². The minimum atomic E-state index is -0.796. The molecule has 1 aromatic carbocycles. The Morgan fingerprint density at radius 2 is 1.94 bits per heavy atom.